The average molecular weight is 249 g/mol. The van der Waals surface area contributed by atoms with E-state index in [1.165, 1.54) is 0 Å². The number of aryl methyl sites for hydroxylation is 1. The van der Waals surface area contributed by atoms with Crippen LogP contribution in [0.5, 0.6) is 5.75 Å². The topological polar surface area (TPSA) is 60.7 Å². The molecule has 1 aromatic heterocycles. The molecule has 1 heterocycles. The maximum absolute atomic E-state index is 11.1. The number of hydrogen-bond donors (Lipinski definition) is 1. The van der Waals surface area contributed by atoms with Gasteiger partial charge in [0, 0.05) is 31.3 Å². The summed E-state index contributed by atoms with van der Waals surface area (Å²) in [6, 6.07) is 5.42. The van der Waals surface area contributed by atoms with Crippen LogP contribution in [0.3, 0.4) is 0 Å². The van der Waals surface area contributed by atoms with E-state index < -0.39 is 5.97 Å². The van der Waals surface area contributed by atoms with Crippen molar-refractivity contribution < 1.29 is 19.4 Å². The normalized spacial score (nSPS) is 10.8. The Labute approximate surface area is 105 Å². The van der Waals surface area contributed by atoms with Crippen molar-refractivity contribution in [3.8, 4) is 5.75 Å². The second-order valence-corrected chi connectivity index (χ2v) is 3.98. The molecule has 0 spiro atoms. The number of aromatic nitrogens is 1. The smallest absolute Gasteiger partial charge is 0.337 e. The van der Waals surface area contributed by atoms with E-state index in [1.807, 2.05) is 19.2 Å². The van der Waals surface area contributed by atoms with Crippen LogP contribution in [0.1, 0.15) is 10.4 Å². The third-order valence-electron chi connectivity index (χ3n) is 2.75. The first-order valence-corrected chi connectivity index (χ1v) is 5.57. The molecule has 0 aliphatic carbocycles. The lowest BCUT2D eigenvalue weighted by Gasteiger charge is -2.06. The first-order valence-electron chi connectivity index (χ1n) is 5.57. The molecule has 0 amide bonds. The molecule has 96 valence electrons. The van der Waals surface area contributed by atoms with Gasteiger partial charge in [-0.15, -0.1) is 0 Å². The number of carboxylic acid groups (broad SMARTS) is 1. The Morgan fingerprint density at radius 1 is 1.39 bits per heavy atom. The lowest BCUT2D eigenvalue weighted by Crippen LogP contribution is -2.04. The summed E-state index contributed by atoms with van der Waals surface area (Å²) < 4.78 is 12.2. The number of ether oxygens (including phenoxy) is 2. The number of carboxylic acids is 1. The summed E-state index contributed by atoms with van der Waals surface area (Å²) in [6.45, 7) is 0.940. The third-order valence-corrected chi connectivity index (χ3v) is 2.75. The van der Waals surface area contributed by atoms with Crippen LogP contribution in [-0.2, 0) is 11.8 Å². The number of nitrogens with zero attached hydrogens (tertiary/aromatic N) is 1. The summed E-state index contributed by atoms with van der Waals surface area (Å²) in [7, 11) is 3.42. The van der Waals surface area contributed by atoms with Crippen molar-refractivity contribution in [3.63, 3.8) is 0 Å². The molecule has 0 saturated heterocycles. The van der Waals surface area contributed by atoms with Gasteiger partial charge in [0.15, 0.2) is 0 Å². The van der Waals surface area contributed by atoms with Gasteiger partial charge < -0.3 is 19.1 Å². The van der Waals surface area contributed by atoms with E-state index in [4.69, 9.17) is 14.6 Å². The zero-order valence-electron chi connectivity index (χ0n) is 10.3. The fourth-order valence-electron chi connectivity index (χ4n) is 1.87. The van der Waals surface area contributed by atoms with Gasteiger partial charge in [-0.05, 0) is 18.2 Å². The van der Waals surface area contributed by atoms with E-state index in [0.29, 0.717) is 24.3 Å². The van der Waals surface area contributed by atoms with E-state index in [0.717, 1.165) is 5.52 Å². The van der Waals surface area contributed by atoms with Gasteiger partial charge >= 0.3 is 5.97 Å². The molecule has 18 heavy (non-hydrogen) atoms. The molecule has 2 aromatic rings. The van der Waals surface area contributed by atoms with Gasteiger partial charge in [-0.3, -0.25) is 0 Å². The zero-order chi connectivity index (χ0) is 13.1. The van der Waals surface area contributed by atoms with E-state index in [9.17, 15) is 4.79 Å². The molecule has 0 aliphatic rings. The van der Waals surface area contributed by atoms with E-state index >= 15 is 0 Å². The number of carbonyl (C=O) groups is 1. The van der Waals surface area contributed by atoms with Crippen molar-refractivity contribution in [2.75, 3.05) is 20.3 Å². The fourth-order valence-corrected chi connectivity index (χ4v) is 1.87. The molecular formula is C13H15NO4. The first kappa shape index (κ1) is 12.4. The van der Waals surface area contributed by atoms with E-state index in [1.54, 1.807) is 23.9 Å². The predicted octanol–water partition coefficient (Wildman–Crippen LogP) is 1.90. The molecule has 0 unspecified atom stereocenters. The molecule has 1 aromatic carbocycles. The molecule has 2 rings (SSSR count). The Morgan fingerprint density at radius 3 is 2.83 bits per heavy atom. The van der Waals surface area contributed by atoms with Gasteiger partial charge in [0.1, 0.15) is 12.4 Å². The van der Waals surface area contributed by atoms with Gasteiger partial charge in [-0.25, -0.2) is 4.79 Å². The number of fused-ring (bicyclic) bond motifs is 1. The number of rotatable bonds is 5. The molecule has 1 N–H and O–H groups in total. The number of aromatic carboxylic acids is 1. The third kappa shape index (κ3) is 2.31. The monoisotopic (exact) mass is 249 g/mol. The van der Waals surface area contributed by atoms with Gasteiger partial charge in [-0.2, -0.15) is 0 Å². The highest BCUT2D eigenvalue weighted by molar-refractivity contribution is 6.03. The summed E-state index contributed by atoms with van der Waals surface area (Å²) in [5, 5.41) is 9.81. The Hall–Kier alpha value is -2.01. The second kappa shape index (κ2) is 5.10. The molecule has 0 radical (unpaired) electrons. The van der Waals surface area contributed by atoms with Crippen LogP contribution in [-0.4, -0.2) is 36.0 Å². The lowest BCUT2D eigenvalue weighted by atomic mass is 10.1. The van der Waals surface area contributed by atoms with Crippen LogP contribution in [0.4, 0.5) is 0 Å². The van der Waals surface area contributed by atoms with Crippen molar-refractivity contribution in [2.45, 2.75) is 0 Å². The van der Waals surface area contributed by atoms with Crippen LogP contribution >= 0.6 is 0 Å². The lowest BCUT2D eigenvalue weighted by molar-refractivity contribution is 0.0699. The predicted molar refractivity (Wildman–Crippen MR) is 67.2 cm³/mol. The van der Waals surface area contributed by atoms with Gasteiger partial charge in [0.2, 0.25) is 0 Å². The minimum absolute atomic E-state index is 0.282. The maximum Gasteiger partial charge on any atom is 0.337 e. The largest absolute Gasteiger partial charge is 0.491 e. The molecule has 5 nitrogen and oxygen atoms in total. The number of methoxy groups -OCH3 is 1. The van der Waals surface area contributed by atoms with Crippen LogP contribution in [0.25, 0.3) is 10.9 Å². The maximum atomic E-state index is 11.1. The highest BCUT2D eigenvalue weighted by Crippen LogP contribution is 2.25. The molecule has 0 aliphatic heterocycles. The summed E-state index contributed by atoms with van der Waals surface area (Å²) in [5.74, 6) is -0.289. The molecule has 5 heteroatoms. The van der Waals surface area contributed by atoms with Crippen molar-refractivity contribution in [3.05, 3.63) is 30.0 Å². The summed E-state index contributed by atoms with van der Waals surface area (Å²) in [4.78, 5) is 11.1. The Morgan fingerprint density at radius 2 is 2.17 bits per heavy atom. The number of hydrogen-bond acceptors (Lipinski definition) is 3. The van der Waals surface area contributed by atoms with Crippen LogP contribution in [0.15, 0.2) is 24.4 Å². The minimum Gasteiger partial charge on any atom is -0.491 e. The fraction of sp³-hybridized carbons (Fsp3) is 0.308. The zero-order valence-corrected chi connectivity index (χ0v) is 10.3. The summed E-state index contributed by atoms with van der Waals surface area (Å²) in [5.41, 5.74) is 1.15. The molecule has 0 atom stereocenters. The Bertz CT molecular complexity index is 574. The highest BCUT2D eigenvalue weighted by Gasteiger charge is 2.13. The van der Waals surface area contributed by atoms with E-state index in [2.05, 4.69) is 0 Å². The quantitative estimate of drug-likeness (QED) is 0.822. The average Bonchev–Trinajstić information content (AvgIpc) is 2.67. The van der Waals surface area contributed by atoms with Crippen molar-refractivity contribution in [1.29, 1.82) is 0 Å². The first-order chi connectivity index (χ1) is 8.63. The Balaban J connectivity index is 2.36. The molecular weight excluding hydrogens is 234 g/mol. The molecule has 0 bridgehead atoms. The molecule has 0 fully saturated rings. The minimum atomic E-state index is -0.936. The van der Waals surface area contributed by atoms with Crippen LogP contribution < -0.4 is 4.74 Å². The summed E-state index contributed by atoms with van der Waals surface area (Å²) >= 11 is 0. The standard InChI is InChI=1S/C13H15NO4/c1-14-8-11(13(15)16)10-7-9(3-4-12(10)14)18-6-5-17-2/h3-4,7-8H,5-6H2,1-2H3,(H,15,16). The summed E-state index contributed by atoms with van der Waals surface area (Å²) in [6.07, 6.45) is 1.60. The van der Waals surface area contributed by atoms with Crippen molar-refractivity contribution in [2.24, 2.45) is 7.05 Å². The molecule has 0 saturated carbocycles. The van der Waals surface area contributed by atoms with Gasteiger partial charge in [0.25, 0.3) is 0 Å². The van der Waals surface area contributed by atoms with Crippen molar-refractivity contribution in [1.82, 2.24) is 4.57 Å². The Kier molecular flexibility index (Phi) is 3.53. The second-order valence-electron chi connectivity index (χ2n) is 3.98. The number of benzene rings is 1. The van der Waals surface area contributed by atoms with Gasteiger partial charge in [-0.1, -0.05) is 0 Å². The highest BCUT2D eigenvalue weighted by atomic mass is 16.5. The van der Waals surface area contributed by atoms with Gasteiger partial charge in [0.05, 0.1) is 12.2 Å². The van der Waals surface area contributed by atoms with Crippen LogP contribution in [0, 0.1) is 0 Å². The van der Waals surface area contributed by atoms with E-state index in [-0.39, 0.29) is 5.56 Å². The van der Waals surface area contributed by atoms with Crippen molar-refractivity contribution >= 4 is 16.9 Å². The van der Waals surface area contributed by atoms with Crippen LogP contribution in [0.2, 0.25) is 0 Å². The SMILES string of the molecule is COCCOc1ccc2c(c1)c(C(=O)O)cn2C.